The van der Waals surface area contributed by atoms with E-state index in [0.717, 1.165) is 12.1 Å². The number of aromatic nitrogens is 2. The number of nitrogen functional groups attached to an aromatic ring is 1. The third-order valence-electron chi connectivity index (χ3n) is 2.45. The molecular weight excluding hydrogens is 270 g/mol. The number of nitrogens with one attached hydrogen (secondary N) is 1. The molecule has 1 heterocycles. The SMILES string of the molecule is Nc1nc(-c2ccc([N+](=O)[O-])cc2)c([N+](=O)[O-])c(=O)[nH]1. The molecule has 1 aromatic carbocycles. The third-order valence-corrected chi connectivity index (χ3v) is 2.45. The summed E-state index contributed by atoms with van der Waals surface area (Å²) < 4.78 is 0. The van der Waals surface area contributed by atoms with E-state index in [1.54, 1.807) is 0 Å². The van der Waals surface area contributed by atoms with Crippen LogP contribution in [0.4, 0.5) is 17.3 Å². The van der Waals surface area contributed by atoms with Crippen LogP contribution in [0.2, 0.25) is 0 Å². The molecular formula is C10H7N5O5. The van der Waals surface area contributed by atoms with E-state index in [4.69, 9.17) is 5.73 Å². The van der Waals surface area contributed by atoms with E-state index in [1.165, 1.54) is 12.1 Å². The third kappa shape index (κ3) is 2.29. The molecule has 0 bridgehead atoms. The predicted molar refractivity (Wildman–Crippen MR) is 68.0 cm³/mol. The maximum Gasteiger partial charge on any atom is 0.359 e. The van der Waals surface area contributed by atoms with Crippen LogP contribution in [0.15, 0.2) is 29.1 Å². The van der Waals surface area contributed by atoms with E-state index in [-0.39, 0.29) is 22.9 Å². The minimum absolute atomic E-state index is 0.181. The first-order valence-corrected chi connectivity index (χ1v) is 5.19. The van der Waals surface area contributed by atoms with Gasteiger partial charge in [-0.15, -0.1) is 0 Å². The van der Waals surface area contributed by atoms with E-state index in [0.29, 0.717) is 0 Å². The van der Waals surface area contributed by atoms with Crippen LogP contribution in [0.5, 0.6) is 0 Å². The van der Waals surface area contributed by atoms with Gasteiger partial charge in [0.15, 0.2) is 5.69 Å². The van der Waals surface area contributed by atoms with Crippen LogP contribution >= 0.6 is 0 Å². The van der Waals surface area contributed by atoms with Crippen molar-refractivity contribution in [1.29, 1.82) is 0 Å². The normalized spacial score (nSPS) is 10.2. The van der Waals surface area contributed by atoms with Crippen LogP contribution in [0.3, 0.4) is 0 Å². The van der Waals surface area contributed by atoms with Crippen molar-refractivity contribution in [2.45, 2.75) is 0 Å². The van der Waals surface area contributed by atoms with Gasteiger partial charge in [0.1, 0.15) is 0 Å². The molecule has 20 heavy (non-hydrogen) atoms. The topological polar surface area (TPSA) is 158 Å². The van der Waals surface area contributed by atoms with Gasteiger partial charge in [-0.05, 0) is 12.1 Å². The van der Waals surface area contributed by atoms with Crippen molar-refractivity contribution < 1.29 is 9.85 Å². The fourth-order valence-electron chi connectivity index (χ4n) is 1.60. The Morgan fingerprint density at radius 1 is 1.10 bits per heavy atom. The molecule has 0 saturated heterocycles. The zero-order valence-electron chi connectivity index (χ0n) is 9.77. The lowest BCUT2D eigenvalue weighted by atomic mass is 10.1. The zero-order valence-corrected chi connectivity index (χ0v) is 9.77. The molecule has 0 radical (unpaired) electrons. The largest absolute Gasteiger partial charge is 0.369 e. The second-order valence-corrected chi connectivity index (χ2v) is 3.71. The second kappa shape index (κ2) is 4.76. The van der Waals surface area contributed by atoms with Crippen molar-refractivity contribution in [3.05, 3.63) is 54.8 Å². The molecule has 0 aliphatic carbocycles. The summed E-state index contributed by atoms with van der Waals surface area (Å²) in [5.74, 6) is -0.283. The van der Waals surface area contributed by atoms with Crippen LogP contribution in [0.25, 0.3) is 11.3 Å². The molecule has 10 heteroatoms. The Morgan fingerprint density at radius 2 is 1.70 bits per heavy atom. The summed E-state index contributed by atoms with van der Waals surface area (Å²) in [5.41, 5.74) is 3.34. The van der Waals surface area contributed by atoms with Gasteiger partial charge < -0.3 is 5.73 Å². The molecule has 0 atom stereocenters. The summed E-state index contributed by atoms with van der Waals surface area (Å²) >= 11 is 0. The lowest BCUT2D eigenvalue weighted by Crippen LogP contribution is -2.16. The molecule has 10 nitrogen and oxygen atoms in total. The van der Waals surface area contributed by atoms with Crippen LogP contribution in [0, 0.1) is 20.2 Å². The van der Waals surface area contributed by atoms with Crippen molar-refractivity contribution in [2.24, 2.45) is 0 Å². The maximum absolute atomic E-state index is 11.5. The van der Waals surface area contributed by atoms with E-state index >= 15 is 0 Å². The summed E-state index contributed by atoms with van der Waals surface area (Å²) in [4.78, 5) is 37.2. The minimum Gasteiger partial charge on any atom is -0.369 e. The monoisotopic (exact) mass is 277 g/mol. The number of benzene rings is 1. The van der Waals surface area contributed by atoms with Gasteiger partial charge in [-0.25, -0.2) is 4.98 Å². The summed E-state index contributed by atoms with van der Waals surface area (Å²) in [6.07, 6.45) is 0. The Kier molecular flexibility index (Phi) is 3.13. The molecule has 2 rings (SSSR count). The van der Waals surface area contributed by atoms with Gasteiger partial charge in [0.25, 0.3) is 5.69 Å². The van der Waals surface area contributed by atoms with Gasteiger partial charge in [-0.1, -0.05) is 0 Å². The van der Waals surface area contributed by atoms with Crippen molar-refractivity contribution in [3.63, 3.8) is 0 Å². The van der Waals surface area contributed by atoms with Crippen LogP contribution in [-0.2, 0) is 0 Å². The van der Waals surface area contributed by atoms with E-state index in [9.17, 15) is 25.0 Å². The Morgan fingerprint density at radius 3 is 2.20 bits per heavy atom. The van der Waals surface area contributed by atoms with Gasteiger partial charge >= 0.3 is 11.2 Å². The van der Waals surface area contributed by atoms with Gasteiger partial charge in [0.05, 0.1) is 9.85 Å². The highest BCUT2D eigenvalue weighted by Crippen LogP contribution is 2.26. The second-order valence-electron chi connectivity index (χ2n) is 3.71. The maximum atomic E-state index is 11.5. The highest BCUT2D eigenvalue weighted by atomic mass is 16.6. The summed E-state index contributed by atoms with van der Waals surface area (Å²) in [7, 11) is 0. The van der Waals surface area contributed by atoms with E-state index in [1.807, 2.05) is 4.98 Å². The molecule has 0 unspecified atom stereocenters. The Hall–Kier alpha value is -3.30. The highest BCUT2D eigenvalue weighted by molar-refractivity contribution is 5.70. The standard InChI is InChI=1S/C10H7N5O5/c11-10-12-7(8(15(19)20)9(16)13-10)5-1-3-6(4-2-5)14(17)18/h1-4H,(H3,11,12,13,16). The minimum atomic E-state index is -0.990. The Bertz CT molecular complexity index is 752. The molecule has 0 fully saturated rings. The number of non-ortho nitro benzene ring substituents is 1. The molecule has 0 spiro atoms. The van der Waals surface area contributed by atoms with E-state index in [2.05, 4.69) is 4.98 Å². The number of hydrogen-bond donors (Lipinski definition) is 2. The smallest absolute Gasteiger partial charge is 0.359 e. The molecule has 0 aliphatic rings. The van der Waals surface area contributed by atoms with Crippen LogP contribution in [-0.4, -0.2) is 19.8 Å². The zero-order chi connectivity index (χ0) is 14.9. The molecule has 0 saturated carbocycles. The number of aromatic amines is 1. The number of anilines is 1. The summed E-state index contributed by atoms with van der Waals surface area (Å²) in [5, 5.41) is 21.4. The van der Waals surface area contributed by atoms with Gasteiger partial charge in [-0.2, -0.15) is 0 Å². The highest BCUT2D eigenvalue weighted by Gasteiger charge is 2.23. The molecule has 3 N–H and O–H groups in total. The first kappa shape index (κ1) is 13.1. The first-order chi connectivity index (χ1) is 9.40. The lowest BCUT2D eigenvalue weighted by molar-refractivity contribution is -0.385. The van der Waals surface area contributed by atoms with Gasteiger partial charge in [0, 0.05) is 17.7 Å². The van der Waals surface area contributed by atoms with Crippen molar-refractivity contribution >= 4 is 17.3 Å². The number of H-pyrrole nitrogens is 1. The number of nitrogens with two attached hydrogens (primary N) is 1. The van der Waals surface area contributed by atoms with Gasteiger partial charge in [0.2, 0.25) is 5.95 Å². The molecule has 0 aliphatic heterocycles. The van der Waals surface area contributed by atoms with Crippen molar-refractivity contribution in [2.75, 3.05) is 5.73 Å². The predicted octanol–water partition coefficient (Wildman–Crippen LogP) is 0.835. The summed E-state index contributed by atoms with van der Waals surface area (Å²) in [6, 6.07) is 4.81. The number of nitrogens with zero attached hydrogens (tertiary/aromatic N) is 3. The Balaban J connectivity index is 2.65. The number of hydrogen-bond acceptors (Lipinski definition) is 7. The summed E-state index contributed by atoms with van der Waals surface area (Å²) in [6.45, 7) is 0. The van der Waals surface area contributed by atoms with Crippen molar-refractivity contribution in [3.8, 4) is 11.3 Å². The number of nitro benzene ring substituents is 1. The number of rotatable bonds is 3. The Labute approximate surface area is 110 Å². The van der Waals surface area contributed by atoms with E-state index < -0.39 is 21.1 Å². The quantitative estimate of drug-likeness (QED) is 0.620. The fraction of sp³-hybridized carbons (Fsp3) is 0. The first-order valence-electron chi connectivity index (χ1n) is 5.19. The average Bonchev–Trinajstić information content (AvgIpc) is 2.37. The van der Waals surface area contributed by atoms with Gasteiger partial charge in [-0.3, -0.25) is 30.0 Å². The van der Waals surface area contributed by atoms with Crippen LogP contribution < -0.4 is 11.3 Å². The molecule has 1 aromatic heterocycles. The molecule has 102 valence electrons. The lowest BCUT2D eigenvalue weighted by Gasteiger charge is -2.02. The molecule has 0 amide bonds. The molecule has 2 aromatic rings. The average molecular weight is 277 g/mol. The van der Waals surface area contributed by atoms with Crippen LogP contribution in [0.1, 0.15) is 0 Å². The fourth-order valence-corrected chi connectivity index (χ4v) is 1.60. The van der Waals surface area contributed by atoms with Crippen molar-refractivity contribution in [1.82, 2.24) is 9.97 Å². The number of nitro groups is 2.